The normalized spacial score (nSPS) is 16.6. The molecule has 1 aliphatic heterocycles. The second-order valence-corrected chi connectivity index (χ2v) is 4.47. The third-order valence-corrected chi connectivity index (χ3v) is 3.32. The van der Waals surface area contributed by atoms with Crippen molar-refractivity contribution >= 4 is 27.5 Å². The fourth-order valence-corrected chi connectivity index (χ4v) is 2.14. The molecule has 12 heavy (non-hydrogen) atoms. The molecule has 0 spiro atoms. The van der Waals surface area contributed by atoms with Crippen molar-refractivity contribution in [2.45, 2.75) is 13.1 Å². The maximum atomic E-state index is 5.97. The zero-order valence-corrected chi connectivity index (χ0v) is 9.11. The van der Waals surface area contributed by atoms with Crippen LogP contribution in [-0.2, 0) is 13.1 Å². The van der Waals surface area contributed by atoms with Crippen LogP contribution in [-0.4, -0.2) is 11.9 Å². The van der Waals surface area contributed by atoms with E-state index in [-0.39, 0.29) is 0 Å². The molecule has 0 radical (unpaired) electrons. The molecule has 1 heterocycles. The lowest BCUT2D eigenvalue weighted by Crippen LogP contribution is -2.07. The number of halogens is 2. The van der Waals surface area contributed by atoms with Gasteiger partial charge < -0.3 is 0 Å². The van der Waals surface area contributed by atoms with Gasteiger partial charge in [0.25, 0.3) is 0 Å². The van der Waals surface area contributed by atoms with E-state index >= 15 is 0 Å². The van der Waals surface area contributed by atoms with Gasteiger partial charge in [-0.25, -0.2) is 0 Å². The van der Waals surface area contributed by atoms with Gasteiger partial charge in [-0.1, -0.05) is 11.6 Å². The van der Waals surface area contributed by atoms with Gasteiger partial charge in [0.1, 0.15) is 0 Å². The summed E-state index contributed by atoms with van der Waals surface area (Å²) in [5, 5.41) is 0.809. The van der Waals surface area contributed by atoms with E-state index < -0.39 is 0 Å². The summed E-state index contributed by atoms with van der Waals surface area (Å²) in [6.07, 6.45) is 0. The van der Waals surface area contributed by atoms with Gasteiger partial charge >= 0.3 is 0 Å². The summed E-state index contributed by atoms with van der Waals surface area (Å²) in [6, 6.07) is 4.16. The molecule has 0 amide bonds. The quantitative estimate of drug-likeness (QED) is 0.680. The van der Waals surface area contributed by atoms with E-state index in [0.717, 1.165) is 22.6 Å². The lowest BCUT2D eigenvalue weighted by molar-refractivity contribution is 0.353. The minimum atomic E-state index is 0.809. The first-order valence-corrected chi connectivity index (χ1v) is 4.99. The van der Waals surface area contributed by atoms with Crippen LogP contribution in [0.3, 0.4) is 0 Å². The first kappa shape index (κ1) is 8.54. The number of fused-ring (bicyclic) bond motifs is 1. The van der Waals surface area contributed by atoms with Gasteiger partial charge in [-0.15, -0.1) is 0 Å². The SMILES string of the molecule is CN1Cc2cc(Cl)c(Br)cc2C1. The van der Waals surface area contributed by atoms with Crippen molar-refractivity contribution in [1.29, 1.82) is 0 Å². The molecular weight excluding hydrogens is 237 g/mol. The van der Waals surface area contributed by atoms with Crippen molar-refractivity contribution in [3.8, 4) is 0 Å². The molecule has 0 bridgehead atoms. The van der Waals surface area contributed by atoms with Gasteiger partial charge in [-0.2, -0.15) is 0 Å². The highest BCUT2D eigenvalue weighted by atomic mass is 79.9. The van der Waals surface area contributed by atoms with Crippen LogP contribution in [0.2, 0.25) is 5.02 Å². The van der Waals surface area contributed by atoms with Crippen molar-refractivity contribution in [3.63, 3.8) is 0 Å². The molecule has 0 fully saturated rings. The van der Waals surface area contributed by atoms with Gasteiger partial charge in [0, 0.05) is 17.6 Å². The Labute approximate surface area is 85.5 Å². The van der Waals surface area contributed by atoms with E-state index in [2.05, 4.69) is 33.9 Å². The Bertz CT molecular complexity index is 294. The minimum absolute atomic E-state index is 0.809. The molecule has 0 saturated carbocycles. The molecule has 1 aliphatic rings. The van der Waals surface area contributed by atoms with Crippen molar-refractivity contribution < 1.29 is 0 Å². The molecule has 0 atom stereocenters. The zero-order chi connectivity index (χ0) is 8.72. The van der Waals surface area contributed by atoms with Crippen LogP contribution >= 0.6 is 27.5 Å². The number of rotatable bonds is 0. The van der Waals surface area contributed by atoms with Crippen molar-refractivity contribution in [2.24, 2.45) is 0 Å². The monoisotopic (exact) mass is 245 g/mol. The molecular formula is C9H9BrClN. The molecule has 1 aromatic carbocycles. The lowest BCUT2D eigenvalue weighted by Gasteiger charge is -2.02. The summed E-state index contributed by atoms with van der Waals surface area (Å²) in [7, 11) is 2.11. The number of hydrogen-bond acceptors (Lipinski definition) is 1. The predicted octanol–water partition coefficient (Wildman–Crippen LogP) is 3.05. The Hall–Kier alpha value is -0.0500. The standard InChI is InChI=1S/C9H9BrClN/c1-12-4-6-2-8(10)9(11)3-7(6)5-12/h2-3H,4-5H2,1H3. The van der Waals surface area contributed by atoms with E-state index in [4.69, 9.17) is 11.6 Å². The predicted molar refractivity (Wildman–Crippen MR) is 54.3 cm³/mol. The lowest BCUT2D eigenvalue weighted by atomic mass is 10.1. The average Bonchev–Trinajstić information content (AvgIpc) is 2.30. The Morgan fingerprint density at radius 3 is 2.58 bits per heavy atom. The number of hydrogen-bond donors (Lipinski definition) is 0. The maximum absolute atomic E-state index is 5.97. The topological polar surface area (TPSA) is 3.24 Å². The second-order valence-electron chi connectivity index (χ2n) is 3.21. The van der Waals surface area contributed by atoms with E-state index in [0.29, 0.717) is 0 Å². The number of benzene rings is 1. The van der Waals surface area contributed by atoms with Gasteiger partial charge in [-0.05, 0) is 46.2 Å². The summed E-state index contributed by atoms with van der Waals surface area (Å²) in [4.78, 5) is 2.27. The number of nitrogens with zero attached hydrogens (tertiary/aromatic N) is 1. The van der Waals surface area contributed by atoms with E-state index in [1.807, 2.05) is 6.07 Å². The van der Waals surface area contributed by atoms with Crippen LogP contribution < -0.4 is 0 Å². The van der Waals surface area contributed by atoms with Crippen molar-refractivity contribution in [3.05, 3.63) is 32.8 Å². The fourth-order valence-electron chi connectivity index (χ4n) is 1.56. The van der Waals surface area contributed by atoms with Crippen LogP contribution in [0.4, 0.5) is 0 Å². The first-order valence-electron chi connectivity index (χ1n) is 3.82. The summed E-state index contributed by atoms with van der Waals surface area (Å²) < 4.78 is 0.998. The Morgan fingerprint density at radius 2 is 1.92 bits per heavy atom. The maximum Gasteiger partial charge on any atom is 0.0551 e. The first-order chi connectivity index (χ1) is 5.66. The summed E-state index contributed by atoms with van der Waals surface area (Å²) >= 11 is 9.39. The second kappa shape index (κ2) is 3.02. The van der Waals surface area contributed by atoms with Crippen LogP contribution in [0.1, 0.15) is 11.1 Å². The zero-order valence-electron chi connectivity index (χ0n) is 6.77. The highest BCUT2D eigenvalue weighted by molar-refractivity contribution is 9.10. The Kier molecular flexibility index (Phi) is 2.15. The summed E-state index contributed by atoms with van der Waals surface area (Å²) in [5.41, 5.74) is 2.74. The molecule has 1 aromatic rings. The van der Waals surface area contributed by atoms with E-state index in [1.165, 1.54) is 11.1 Å². The molecule has 0 N–H and O–H groups in total. The third-order valence-electron chi connectivity index (χ3n) is 2.12. The molecule has 0 aliphatic carbocycles. The Morgan fingerprint density at radius 1 is 1.33 bits per heavy atom. The molecule has 0 unspecified atom stereocenters. The molecule has 0 aromatic heterocycles. The summed E-state index contributed by atoms with van der Waals surface area (Å²) in [6.45, 7) is 2.05. The minimum Gasteiger partial charge on any atom is -0.298 e. The molecule has 3 heteroatoms. The largest absolute Gasteiger partial charge is 0.298 e. The highest BCUT2D eigenvalue weighted by Gasteiger charge is 2.16. The van der Waals surface area contributed by atoms with Gasteiger partial charge in [-0.3, -0.25) is 4.90 Å². The van der Waals surface area contributed by atoms with E-state index in [9.17, 15) is 0 Å². The molecule has 1 nitrogen and oxygen atoms in total. The fraction of sp³-hybridized carbons (Fsp3) is 0.333. The molecule has 2 rings (SSSR count). The van der Waals surface area contributed by atoms with E-state index in [1.54, 1.807) is 0 Å². The van der Waals surface area contributed by atoms with Crippen molar-refractivity contribution in [2.75, 3.05) is 7.05 Å². The van der Waals surface area contributed by atoms with Crippen molar-refractivity contribution in [1.82, 2.24) is 4.90 Å². The smallest absolute Gasteiger partial charge is 0.0551 e. The van der Waals surface area contributed by atoms with Gasteiger partial charge in [0.15, 0.2) is 0 Å². The Balaban J connectivity index is 2.48. The summed E-state index contributed by atoms with van der Waals surface area (Å²) in [5.74, 6) is 0. The van der Waals surface area contributed by atoms with Crippen LogP contribution in [0, 0.1) is 0 Å². The average molecular weight is 247 g/mol. The van der Waals surface area contributed by atoms with Crippen LogP contribution in [0.15, 0.2) is 16.6 Å². The van der Waals surface area contributed by atoms with Crippen LogP contribution in [0.25, 0.3) is 0 Å². The van der Waals surface area contributed by atoms with Crippen LogP contribution in [0.5, 0.6) is 0 Å². The van der Waals surface area contributed by atoms with Gasteiger partial charge in [0.05, 0.1) is 5.02 Å². The molecule has 0 saturated heterocycles. The van der Waals surface area contributed by atoms with Gasteiger partial charge in [0.2, 0.25) is 0 Å². The molecule has 64 valence electrons. The highest BCUT2D eigenvalue weighted by Crippen LogP contribution is 2.30. The third kappa shape index (κ3) is 1.39.